The highest BCUT2D eigenvalue weighted by Crippen LogP contribution is 2.34. The lowest BCUT2D eigenvalue weighted by molar-refractivity contribution is 0.0992. The number of nitrogens with zero attached hydrogens (tertiary/aromatic N) is 1. The van der Waals surface area contributed by atoms with Crippen molar-refractivity contribution in [2.45, 2.75) is 63.7 Å². The normalized spacial score (nSPS) is 24.9. The molecule has 5 nitrogen and oxygen atoms in total. The van der Waals surface area contributed by atoms with Crippen LogP contribution in [0.1, 0.15) is 45.6 Å². The molecule has 1 aromatic rings. The van der Waals surface area contributed by atoms with Crippen LogP contribution in [-0.2, 0) is 10.2 Å². The Balaban J connectivity index is 0.00000243. The third-order valence-corrected chi connectivity index (χ3v) is 5.00. The number of aliphatic imine (C=N–C) groups is 1. The van der Waals surface area contributed by atoms with Crippen LogP contribution in [0, 0.1) is 0 Å². The third kappa shape index (κ3) is 5.25. The van der Waals surface area contributed by atoms with Gasteiger partial charge in [-0.25, -0.2) is 0 Å². The first kappa shape index (κ1) is 21.3. The summed E-state index contributed by atoms with van der Waals surface area (Å²) >= 11 is 0. The van der Waals surface area contributed by atoms with Crippen molar-refractivity contribution in [3.8, 4) is 5.75 Å². The zero-order valence-corrected chi connectivity index (χ0v) is 18.6. The lowest BCUT2D eigenvalue weighted by Crippen LogP contribution is -2.48. The molecule has 2 saturated heterocycles. The van der Waals surface area contributed by atoms with Crippen molar-refractivity contribution in [1.29, 1.82) is 0 Å². The molecular formula is C20H32IN3O2. The Labute approximate surface area is 174 Å². The summed E-state index contributed by atoms with van der Waals surface area (Å²) in [7, 11) is 1.80. The van der Waals surface area contributed by atoms with Gasteiger partial charge in [-0.15, -0.1) is 24.0 Å². The second-order valence-corrected chi connectivity index (χ2v) is 7.95. The first-order valence-electron chi connectivity index (χ1n) is 9.32. The van der Waals surface area contributed by atoms with Gasteiger partial charge in [0.25, 0.3) is 0 Å². The van der Waals surface area contributed by atoms with E-state index >= 15 is 0 Å². The van der Waals surface area contributed by atoms with Gasteiger partial charge in [0.15, 0.2) is 5.96 Å². The summed E-state index contributed by atoms with van der Waals surface area (Å²) in [6.07, 6.45) is 4.24. The predicted molar refractivity (Wildman–Crippen MR) is 117 cm³/mol. The van der Waals surface area contributed by atoms with E-state index in [4.69, 9.17) is 9.47 Å². The standard InChI is InChI=1S/C20H31N3O2.HI/c1-20(2,3)15-7-5-6-8-17(15)24-12-11-22-19(21-4)23-16-13-14-9-10-18(16)25-14;/h5-8,14,16,18H,9-13H2,1-4H3,(H2,21,22,23);1H. The molecule has 0 amide bonds. The fourth-order valence-corrected chi connectivity index (χ4v) is 3.70. The van der Waals surface area contributed by atoms with Crippen molar-refractivity contribution in [2.24, 2.45) is 4.99 Å². The molecule has 26 heavy (non-hydrogen) atoms. The van der Waals surface area contributed by atoms with Gasteiger partial charge in [-0.3, -0.25) is 4.99 Å². The van der Waals surface area contributed by atoms with Crippen LogP contribution in [0.25, 0.3) is 0 Å². The highest BCUT2D eigenvalue weighted by Gasteiger charge is 2.41. The second-order valence-electron chi connectivity index (χ2n) is 7.95. The van der Waals surface area contributed by atoms with E-state index in [0.29, 0.717) is 31.4 Å². The summed E-state index contributed by atoms with van der Waals surface area (Å²) < 4.78 is 11.9. The molecule has 1 aromatic carbocycles. The number of hydrogen-bond donors (Lipinski definition) is 2. The first-order valence-corrected chi connectivity index (χ1v) is 9.32. The van der Waals surface area contributed by atoms with Crippen molar-refractivity contribution in [2.75, 3.05) is 20.2 Å². The lowest BCUT2D eigenvalue weighted by atomic mass is 9.86. The maximum atomic E-state index is 6.01. The molecule has 2 heterocycles. The van der Waals surface area contributed by atoms with E-state index in [2.05, 4.69) is 48.5 Å². The van der Waals surface area contributed by atoms with Gasteiger partial charge in [0.05, 0.1) is 24.8 Å². The van der Waals surface area contributed by atoms with Crippen LogP contribution in [-0.4, -0.2) is 44.4 Å². The molecule has 2 aliphatic rings. The molecule has 0 radical (unpaired) electrons. The molecule has 0 aromatic heterocycles. The number of fused-ring (bicyclic) bond motifs is 2. The van der Waals surface area contributed by atoms with Crippen LogP contribution in [0.2, 0.25) is 0 Å². The number of ether oxygens (including phenoxy) is 2. The van der Waals surface area contributed by atoms with Crippen LogP contribution < -0.4 is 15.4 Å². The molecule has 0 spiro atoms. The van der Waals surface area contributed by atoms with Gasteiger partial charge in [0.1, 0.15) is 12.4 Å². The molecular weight excluding hydrogens is 441 g/mol. The van der Waals surface area contributed by atoms with Crippen molar-refractivity contribution in [3.05, 3.63) is 29.8 Å². The van der Waals surface area contributed by atoms with Crippen molar-refractivity contribution >= 4 is 29.9 Å². The van der Waals surface area contributed by atoms with E-state index in [-0.39, 0.29) is 29.4 Å². The van der Waals surface area contributed by atoms with Crippen molar-refractivity contribution < 1.29 is 9.47 Å². The van der Waals surface area contributed by atoms with Gasteiger partial charge in [-0.05, 0) is 36.3 Å². The molecule has 3 rings (SSSR count). The van der Waals surface area contributed by atoms with E-state index in [1.165, 1.54) is 12.0 Å². The van der Waals surface area contributed by atoms with Crippen molar-refractivity contribution in [3.63, 3.8) is 0 Å². The SMILES string of the molecule is CN=C(NCCOc1ccccc1C(C)(C)C)NC1CC2CCC1O2.I. The third-order valence-electron chi connectivity index (χ3n) is 5.00. The number of guanidine groups is 1. The van der Waals surface area contributed by atoms with Crippen LogP contribution in [0.5, 0.6) is 5.75 Å². The van der Waals surface area contributed by atoms with Crippen LogP contribution >= 0.6 is 24.0 Å². The molecule has 2 fully saturated rings. The fraction of sp³-hybridized carbons (Fsp3) is 0.650. The fourth-order valence-electron chi connectivity index (χ4n) is 3.70. The molecule has 146 valence electrons. The Morgan fingerprint density at radius 1 is 1.27 bits per heavy atom. The minimum atomic E-state index is 0. The number of rotatable bonds is 5. The molecule has 0 saturated carbocycles. The average Bonchev–Trinajstić information content (AvgIpc) is 3.20. The number of nitrogens with one attached hydrogen (secondary N) is 2. The predicted octanol–water partition coefficient (Wildman–Crippen LogP) is 3.47. The van der Waals surface area contributed by atoms with E-state index in [0.717, 1.165) is 24.6 Å². The summed E-state index contributed by atoms with van der Waals surface area (Å²) in [5.41, 5.74) is 1.31. The second kappa shape index (κ2) is 9.26. The van der Waals surface area contributed by atoms with Gasteiger partial charge in [-0.2, -0.15) is 0 Å². The molecule has 3 unspecified atom stereocenters. The van der Waals surface area contributed by atoms with E-state index in [1.54, 1.807) is 7.05 Å². The minimum absolute atomic E-state index is 0. The summed E-state index contributed by atoms with van der Waals surface area (Å²) in [4.78, 5) is 4.32. The maximum Gasteiger partial charge on any atom is 0.191 e. The Hall–Kier alpha value is -1.02. The van der Waals surface area contributed by atoms with Crippen LogP contribution in [0.3, 0.4) is 0 Å². The zero-order chi connectivity index (χ0) is 17.9. The quantitative estimate of drug-likeness (QED) is 0.298. The number of para-hydroxylation sites is 1. The van der Waals surface area contributed by atoms with Gasteiger partial charge in [0, 0.05) is 7.05 Å². The molecule has 2 aliphatic heterocycles. The number of hydrogen-bond acceptors (Lipinski definition) is 3. The largest absolute Gasteiger partial charge is 0.491 e. The van der Waals surface area contributed by atoms with Crippen LogP contribution in [0.15, 0.2) is 29.3 Å². The summed E-state index contributed by atoms with van der Waals surface area (Å²) in [6.45, 7) is 7.92. The number of halogens is 1. The maximum absolute atomic E-state index is 6.01. The van der Waals surface area contributed by atoms with E-state index in [1.807, 2.05) is 12.1 Å². The monoisotopic (exact) mass is 473 g/mol. The minimum Gasteiger partial charge on any atom is -0.491 e. The molecule has 0 aliphatic carbocycles. The van der Waals surface area contributed by atoms with Crippen molar-refractivity contribution in [1.82, 2.24) is 10.6 Å². The zero-order valence-electron chi connectivity index (χ0n) is 16.2. The molecule has 3 atom stereocenters. The first-order chi connectivity index (χ1) is 12.0. The Kier molecular flexibility index (Phi) is 7.58. The van der Waals surface area contributed by atoms with E-state index in [9.17, 15) is 0 Å². The molecule has 6 heteroatoms. The average molecular weight is 473 g/mol. The highest BCUT2D eigenvalue weighted by molar-refractivity contribution is 14.0. The topological polar surface area (TPSA) is 54.9 Å². The lowest BCUT2D eigenvalue weighted by Gasteiger charge is -2.24. The summed E-state index contributed by atoms with van der Waals surface area (Å²) in [5, 5.41) is 6.83. The van der Waals surface area contributed by atoms with Gasteiger partial charge < -0.3 is 20.1 Å². The molecule has 2 bridgehead atoms. The smallest absolute Gasteiger partial charge is 0.191 e. The summed E-state index contributed by atoms with van der Waals surface area (Å²) in [5.74, 6) is 1.79. The van der Waals surface area contributed by atoms with Gasteiger partial charge in [-0.1, -0.05) is 39.0 Å². The van der Waals surface area contributed by atoms with Crippen LogP contribution in [0.4, 0.5) is 0 Å². The van der Waals surface area contributed by atoms with E-state index < -0.39 is 0 Å². The Morgan fingerprint density at radius 2 is 2.04 bits per heavy atom. The summed E-state index contributed by atoms with van der Waals surface area (Å²) in [6, 6.07) is 8.65. The van der Waals surface area contributed by atoms with Gasteiger partial charge >= 0.3 is 0 Å². The molecule has 2 N–H and O–H groups in total. The Bertz CT molecular complexity index is 615. The Morgan fingerprint density at radius 3 is 2.65 bits per heavy atom. The highest BCUT2D eigenvalue weighted by atomic mass is 127. The number of benzene rings is 1. The van der Waals surface area contributed by atoms with Gasteiger partial charge in [0.2, 0.25) is 0 Å².